The number of anilines is 1. The molecule has 0 radical (unpaired) electrons. The highest BCUT2D eigenvalue weighted by Gasteiger charge is 2.07. The monoisotopic (exact) mass is 275 g/mol. The minimum absolute atomic E-state index is 0.0306. The van der Waals surface area contributed by atoms with Crippen LogP contribution in [0, 0.1) is 0 Å². The summed E-state index contributed by atoms with van der Waals surface area (Å²) in [4.78, 5) is 18.3. The van der Waals surface area contributed by atoms with E-state index in [1.54, 1.807) is 0 Å². The van der Waals surface area contributed by atoms with E-state index < -0.39 is 0 Å². The summed E-state index contributed by atoms with van der Waals surface area (Å²) in [7, 11) is 3.99. The minimum atomic E-state index is -0.0306. The number of carbonyl (C=O) groups excluding carboxylic acids is 1. The van der Waals surface area contributed by atoms with Gasteiger partial charge in [0.25, 0.3) is 0 Å². The highest BCUT2D eigenvalue weighted by Crippen LogP contribution is 2.16. The third-order valence-corrected chi connectivity index (χ3v) is 3.29. The lowest BCUT2D eigenvalue weighted by Gasteiger charge is -2.05. The zero-order chi connectivity index (χ0) is 13.7. The molecule has 0 aliphatic rings. The number of amides is 1. The summed E-state index contributed by atoms with van der Waals surface area (Å²) in [5.41, 5.74) is 1.98. The van der Waals surface area contributed by atoms with Crippen molar-refractivity contribution < 1.29 is 4.79 Å². The molecule has 5 heteroatoms. The standard InChI is InChI=1S/C14H17N3OS/c1-17(2)9-12-10-19-14(15-12)16-13(18)8-11-6-4-3-5-7-11/h3-7,10H,8-9H2,1-2H3,(H,15,16,18). The van der Waals surface area contributed by atoms with Crippen molar-refractivity contribution in [3.05, 3.63) is 47.0 Å². The summed E-state index contributed by atoms with van der Waals surface area (Å²) in [6.45, 7) is 0.783. The highest BCUT2D eigenvalue weighted by atomic mass is 32.1. The van der Waals surface area contributed by atoms with Crippen molar-refractivity contribution in [2.24, 2.45) is 0 Å². The number of carbonyl (C=O) groups is 1. The van der Waals surface area contributed by atoms with Gasteiger partial charge in [-0.3, -0.25) is 4.79 Å². The quantitative estimate of drug-likeness (QED) is 0.911. The Labute approximate surface area is 117 Å². The van der Waals surface area contributed by atoms with Crippen LogP contribution in [-0.4, -0.2) is 29.9 Å². The second-order valence-corrected chi connectivity index (χ2v) is 5.45. The Morgan fingerprint density at radius 2 is 2.05 bits per heavy atom. The number of hydrogen-bond donors (Lipinski definition) is 1. The highest BCUT2D eigenvalue weighted by molar-refractivity contribution is 7.13. The van der Waals surface area contributed by atoms with Crippen LogP contribution in [-0.2, 0) is 17.8 Å². The number of benzene rings is 1. The van der Waals surface area contributed by atoms with Gasteiger partial charge in [-0.15, -0.1) is 11.3 Å². The molecule has 19 heavy (non-hydrogen) atoms. The van der Waals surface area contributed by atoms with Crippen molar-refractivity contribution >= 4 is 22.4 Å². The topological polar surface area (TPSA) is 45.2 Å². The molecular weight excluding hydrogens is 258 g/mol. The van der Waals surface area contributed by atoms with Crippen molar-refractivity contribution in [3.63, 3.8) is 0 Å². The third kappa shape index (κ3) is 4.46. The van der Waals surface area contributed by atoms with Crippen molar-refractivity contribution in [2.45, 2.75) is 13.0 Å². The molecule has 0 unspecified atom stereocenters. The molecule has 1 aromatic heterocycles. The summed E-state index contributed by atoms with van der Waals surface area (Å²) in [6.07, 6.45) is 0.378. The summed E-state index contributed by atoms with van der Waals surface area (Å²) in [6, 6.07) is 9.69. The molecular formula is C14H17N3OS. The van der Waals surface area contributed by atoms with Gasteiger partial charge in [0, 0.05) is 11.9 Å². The van der Waals surface area contributed by atoms with Gasteiger partial charge in [-0.25, -0.2) is 4.98 Å². The van der Waals surface area contributed by atoms with Crippen LogP contribution in [0.5, 0.6) is 0 Å². The maximum atomic E-state index is 11.9. The number of rotatable bonds is 5. The Balaban J connectivity index is 1.90. The number of thiazole rings is 1. The maximum Gasteiger partial charge on any atom is 0.230 e. The molecule has 100 valence electrons. The first-order valence-electron chi connectivity index (χ1n) is 6.06. The van der Waals surface area contributed by atoms with Crippen molar-refractivity contribution in [3.8, 4) is 0 Å². The Morgan fingerprint density at radius 1 is 1.32 bits per heavy atom. The predicted molar refractivity (Wildman–Crippen MR) is 78.3 cm³/mol. The van der Waals surface area contributed by atoms with Crippen LogP contribution >= 0.6 is 11.3 Å². The second kappa shape index (κ2) is 6.45. The zero-order valence-corrected chi connectivity index (χ0v) is 11.9. The van der Waals surface area contributed by atoms with Crippen LogP contribution in [0.25, 0.3) is 0 Å². The van der Waals surface area contributed by atoms with E-state index in [4.69, 9.17) is 0 Å². The molecule has 1 N–H and O–H groups in total. The molecule has 0 spiro atoms. The van der Waals surface area contributed by atoms with Crippen LogP contribution in [0.15, 0.2) is 35.7 Å². The lowest BCUT2D eigenvalue weighted by molar-refractivity contribution is -0.115. The van der Waals surface area contributed by atoms with E-state index in [0.717, 1.165) is 17.8 Å². The van der Waals surface area contributed by atoms with E-state index in [-0.39, 0.29) is 5.91 Å². The molecule has 0 fully saturated rings. The molecule has 0 saturated heterocycles. The molecule has 0 saturated carbocycles. The van der Waals surface area contributed by atoms with Crippen LogP contribution in [0.4, 0.5) is 5.13 Å². The number of hydrogen-bond acceptors (Lipinski definition) is 4. The first kappa shape index (κ1) is 13.7. The molecule has 4 nitrogen and oxygen atoms in total. The van der Waals surface area contributed by atoms with Gasteiger partial charge >= 0.3 is 0 Å². The third-order valence-electron chi connectivity index (χ3n) is 2.48. The fraction of sp³-hybridized carbons (Fsp3) is 0.286. The van der Waals surface area contributed by atoms with Crippen molar-refractivity contribution in [1.82, 2.24) is 9.88 Å². The molecule has 0 aliphatic carbocycles. The summed E-state index contributed by atoms with van der Waals surface area (Å²) >= 11 is 1.46. The fourth-order valence-electron chi connectivity index (χ4n) is 1.71. The molecule has 0 aliphatic heterocycles. The Morgan fingerprint density at radius 3 is 2.74 bits per heavy atom. The van der Waals surface area contributed by atoms with E-state index in [0.29, 0.717) is 11.6 Å². The number of nitrogens with zero attached hydrogens (tertiary/aromatic N) is 2. The van der Waals surface area contributed by atoms with Gasteiger partial charge in [0.05, 0.1) is 12.1 Å². The van der Waals surface area contributed by atoms with E-state index in [2.05, 4.69) is 10.3 Å². The van der Waals surface area contributed by atoms with Gasteiger partial charge in [0.15, 0.2) is 5.13 Å². The van der Waals surface area contributed by atoms with Gasteiger partial charge in [0.1, 0.15) is 0 Å². The summed E-state index contributed by atoms with van der Waals surface area (Å²) < 4.78 is 0. The largest absolute Gasteiger partial charge is 0.304 e. The second-order valence-electron chi connectivity index (χ2n) is 4.59. The lowest BCUT2D eigenvalue weighted by Crippen LogP contribution is -2.15. The molecule has 0 bridgehead atoms. The van der Waals surface area contributed by atoms with Crippen molar-refractivity contribution in [1.29, 1.82) is 0 Å². The summed E-state index contributed by atoms with van der Waals surface area (Å²) in [5, 5.41) is 5.47. The fourth-order valence-corrected chi connectivity index (χ4v) is 2.42. The average molecular weight is 275 g/mol. The number of aromatic nitrogens is 1. The number of nitrogens with one attached hydrogen (secondary N) is 1. The maximum absolute atomic E-state index is 11.9. The van der Waals surface area contributed by atoms with Gasteiger partial charge in [0.2, 0.25) is 5.91 Å². The summed E-state index contributed by atoms with van der Waals surface area (Å²) in [5.74, 6) is -0.0306. The van der Waals surface area contributed by atoms with E-state index in [1.165, 1.54) is 11.3 Å². The normalized spacial score (nSPS) is 10.7. The van der Waals surface area contributed by atoms with Crippen LogP contribution in [0.2, 0.25) is 0 Å². The molecule has 2 aromatic rings. The molecule has 1 amide bonds. The average Bonchev–Trinajstić information content (AvgIpc) is 2.76. The lowest BCUT2D eigenvalue weighted by atomic mass is 10.1. The van der Waals surface area contributed by atoms with Crippen LogP contribution in [0.3, 0.4) is 0 Å². The zero-order valence-electron chi connectivity index (χ0n) is 11.1. The molecule has 1 aromatic carbocycles. The minimum Gasteiger partial charge on any atom is -0.304 e. The van der Waals surface area contributed by atoms with Crippen molar-refractivity contribution in [2.75, 3.05) is 19.4 Å². The Hall–Kier alpha value is -1.72. The molecule has 1 heterocycles. The van der Waals surface area contributed by atoms with Gasteiger partial charge in [-0.05, 0) is 19.7 Å². The smallest absolute Gasteiger partial charge is 0.230 e. The van der Waals surface area contributed by atoms with Gasteiger partial charge in [-0.1, -0.05) is 30.3 Å². The predicted octanol–water partition coefficient (Wildman–Crippen LogP) is 2.39. The SMILES string of the molecule is CN(C)Cc1csc(NC(=O)Cc2ccccc2)n1. The van der Waals surface area contributed by atoms with E-state index in [1.807, 2.05) is 54.7 Å². The first-order chi connectivity index (χ1) is 9.13. The first-order valence-corrected chi connectivity index (χ1v) is 6.94. The van der Waals surface area contributed by atoms with Gasteiger partial charge in [-0.2, -0.15) is 0 Å². The van der Waals surface area contributed by atoms with Crippen LogP contribution in [0.1, 0.15) is 11.3 Å². The van der Waals surface area contributed by atoms with E-state index >= 15 is 0 Å². The van der Waals surface area contributed by atoms with Gasteiger partial charge < -0.3 is 10.2 Å². The Bertz CT molecular complexity index is 537. The van der Waals surface area contributed by atoms with E-state index in [9.17, 15) is 4.79 Å². The Kier molecular flexibility index (Phi) is 4.65. The molecule has 2 rings (SSSR count). The van der Waals surface area contributed by atoms with Crippen LogP contribution < -0.4 is 5.32 Å². The molecule has 0 atom stereocenters.